The summed E-state index contributed by atoms with van der Waals surface area (Å²) < 4.78 is 10.5. The average molecular weight is 1690 g/mol. The molecule has 0 saturated carbocycles. The molecule has 124 heavy (non-hydrogen) atoms. The van der Waals surface area contributed by atoms with Crippen LogP contribution in [0.4, 0.5) is 34.1 Å². The molecule has 0 fully saturated rings. The lowest BCUT2D eigenvalue weighted by molar-refractivity contribution is 0.660. The first-order valence-corrected chi connectivity index (χ1v) is 47.7. The first-order chi connectivity index (χ1) is 61.0. The van der Waals surface area contributed by atoms with Crippen molar-refractivity contribution in [3.8, 4) is 44.5 Å². The van der Waals surface area contributed by atoms with Gasteiger partial charge in [0.1, 0.15) is 0 Å². The zero-order chi connectivity index (χ0) is 81.8. The summed E-state index contributed by atoms with van der Waals surface area (Å²) in [7, 11) is 0. The van der Waals surface area contributed by atoms with Gasteiger partial charge in [-0.1, -0.05) is 306 Å². The van der Waals surface area contributed by atoms with Crippen molar-refractivity contribution >= 4 is 184 Å². The number of benzene rings is 18. The van der Waals surface area contributed by atoms with Crippen molar-refractivity contribution in [1.82, 2.24) is 0 Å². The molecule has 8 heteroatoms. The second kappa shape index (κ2) is 26.3. The van der Waals surface area contributed by atoms with E-state index in [1.54, 1.807) is 0 Å². The van der Waals surface area contributed by atoms with E-state index in [1.165, 1.54) is 246 Å². The van der Waals surface area contributed by atoms with E-state index >= 15 is 0 Å². The minimum absolute atomic E-state index is 0.122. The standard InChI is InChI=1S/2C58H37NS3/c1-57(2)41-18-6-4-17-38(41)55-45(57)22-13-23-47(55)59(34-29-30-37-36-16-5-10-25-49(36)60-53(37)31-34)48-24-14-28-52-56(48)40-32-39-35-15-3-7-19-42(35)58(46(39)33-54(40)62-52)43-20-8-11-26-50(43)61-51-27-12-9-21-44(51)58;1-57(2)42-19-6-3-15-35(42)37-30-29-34(31-46(37)57)59(49-24-13-18-39-38-17-5-10-25-50(38)62-56(39)49)48-23-14-28-53-55(48)41-32-40-36-16-4-7-20-43(36)58(47(40)33-54(41)61-53)44-21-8-11-26-51(44)60-52-27-12-9-22-45(52)58/h2*3-33H,1-2H3. The van der Waals surface area contributed by atoms with Gasteiger partial charge in [-0.25, -0.2) is 0 Å². The van der Waals surface area contributed by atoms with Crippen LogP contribution in [0.2, 0.25) is 0 Å². The van der Waals surface area contributed by atoms with Crippen LogP contribution in [0.5, 0.6) is 0 Å². The fourth-order valence-corrected chi connectivity index (χ4v) is 30.0. The summed E-state index contributed by atoms with van der Waals surface area (Å²) in [4.78, 5) is 10.5. The molecule has 584 valence electrons. The number of hydrogen-bond acceptors (Lipinski definition) is 8. The van der Waals surface area contributed by atoms with Gasteiger partial charge in [0.05, 0.1) is 38.3 Å². The van der Waals surface area contributed by atoms with Gasteiger partial charge in [0, 0.05) is 123 Å². The minimum Gasteiger partial charge on any atom is -0.309 e. The molecule has 0 saturated heterocycles. The van der Waals surface area contributed by atoms with Crippen LogP contribution in [0.15, 0.2) is 396 Å². The fourth-order valence-electron chi connectivity index (χ4n) is 23.0. The van der Waals surface area contributed by atoms with Gasteiger partial charge in [0.15, 0.2) is 0 Å². The first-order valence-electron chi connectivity index (χ1n) is 42.8. The molecule has 18 aromatic carbocycles. The maximum Gasteiger partial charge on any atom is 0.0735 e. The first kappa shape index (κ1) is 71.7. The highest BCUT2D eigenvalue weighted by Gasteiger charge is 2.53. The Bertz CT molecular complexity index is 8360. The van der Waals surface area contributed by atoms with Gasteiger partial charge in [-0.2, -0.15) is 0 Å². The van der Waals surface area contributed by atoms with Gasteiger partial charge in [0.2, 0.25) is 0 Å². The Labute approximate surface area is 743 Å². The molecule has 2 spiro atoms. The Balaban J connectivity index is 0.000000130. The summed E-state index contributed by atoms with van der Waals surface area (Å²) in [6.07, 6.45) is 0. The lowest BCUT2D eigenvalue weighted by Gasteiger charge is -2.39. The van der Waals surface area contributed by atoms with E-state index in [1.807, 2.05) is 68.9 Å². The number of anilines is 6. The molecule has 2 nitrogen and oxygen atoms in total. The van der Waals surface area contributed by atoms with Crippen molar-refractivity contribution in [2.45, 2.75) is 68.9 Å². The summed E-state index contributed by atoms with van der Waals surface area (Å²) in [5.41, 5.74) is 33.3. The normalized spacial score (nSPS) is 14.8. The average Bonchev–Trinajstić information content (AvgIpc) is 1.51. The van der Waals surface area contributed by atoms with Crippen LogP contribution >= 0.6 is 68.9 Å². The molecule has 0 radical (unpaired) electrons. The van der Waals surface area contributed by atoms with Gasteiger partial charge in [-0.05, 0) is 227 Å². The molecule has 6 aliphatic rings. The van der Waals surface area contributed by atoms with Crippen LogP contribution < -0.4 is 9.80 Å². The second-order valence-electron chi connectivity index (χ2n) is 35.0. The van der Waals surface area contributed by atoms with Crippen molar-refractivity contribution < 1.29 is 0 Å². The molecule has 0 atom stereocenters. The van der Waals surface area contributed by atoms with Crippen LogP contribution in [-0.2, 0) is 21.7 Å². The number of fused-ring (bicyclic) bond motifs is 36. The SMILES string of the molecule is CC1(C)c2ccccc2-c2c(N(c3ccc4c(c3)sc3ccccc34)c3cccc4sc5cc6c(cc5c34)-c3ccccc3C63c4ccccc4Sc4ccccc43)cccc21.CC1(C)c2ccccc2-c2ccc(N(c3cccc4c3sc3ccccc34)c3cccc4sc5cc6c(cc5c34)-c3ccccc3C63c4ccccc4Sc4ccccc43)cc21. The molecule has 4 aliphatic carbocycles. The van der Waals surface area contributed by atoms with E-state index in [9.17, 15) is 0 Å². The predicted molar refractivity (Wildman–Crippen MR) is 532 cm³/mol. The van der Waals surface area contributed by atoms with Crippen molar-refractivity contribution in [2.75, 3.05) is 9.80 Å². The van der Waals surface area contributed by atoms with Crippen molar-refractivity contribution in [1.29, 1.82) is 0 Å². The van der Waals surface area contributed by atoms with Crippen LogP contribution in [0.25, 0.3) is 125 Å². The van der Waals surface area contributed by atoms with Crippen LogP contribution in [-0.4, -0.2) is 0 Å². The molecule has 0 bridgehead atoms. The van der Waals surface area contributed by atoms with Crippen LogP contribution in [0.3, 0.4) is 0 Å². The second-order valence-corrected chi connectivity index (χ2v) is 41.5. The quantitative estimate of drug-likeness (QED) is 0.164. The molecule has 0 unspecified atom stereocenters. The number of hydrogen-bond donors (Lipinski definition) is 0. The highest BCUT2D eigenvalue weighted by Crippen LogP contribution is 2.67. The topological polar surface area (TPSA) is 6.48 Å². The van der Waals surface area contributed by atoms with Crippen molar-refractivity contribution in [3.05, 3.63) is 443 Å². The number of nitrogens with zero attached hydrogens (tertiary/aromatic N) is 2. The van der Waals surface area contributed by atoms with Crippen molar-refractivity contribution in [2.24, 2.45) is 0 Å². The molecule has 0 amide bonds. The zero-order valence-electron chi connectivity index (χ0n) is 68.1. The van der Waals surface area contributed by atoms with Gasteiger partial charge >= 0.3 is 0 Å². The third-order valence-electron chi connectivity index (χ3n) is 28.3. The molecular formula is C116H74N2S6. The molecule has 28 rings (SSSR count). The summed E-state index contributed by atoms with van der Waals surface area (Å²) >= 11 is 11.5. The van der Waals surface area contributed by atoms with E-state index in [0.717, 1.165) is 0 Å². The van der Waals surface area contributed by atoms with Gasteiger partial charge in [-0.15, -0.1) is 45.3 Å². The molecular weight excluding hydrogens is 1610 g/mol. The third-order valence-corrected chi connectivity index (χ3v) is 35.1. The Morgan fingerprint density at radius 1 is 0.202 bits per heavy atom. The van der Waals surface area contributed by atoms with E-state index < -0.39 is 10.8 Å². The predicted octanol–water partition coefficient (Wildman–Crippen LogP) is 34.1. The van der Waals surface area contributed by atoms with Crippen LogP contribution in [0.1, 0.15) is 94.5 Å². The Kier molecular flexibility index (Phi) is 15.2. The van der Waals surface area contributed by atoms with Gasteiger partial charge < -0.3 is 9.80 Å². The zero-order valence-corrected chi connectivity index (χ0v) is 73.0. The smallest absolute Gasteiger partial charge is 0.0735 e. The van der Waals surface area contributed by atoms with E-state index in [-0.39, 0.29) is 10.8 Å². The van der Waals surface area contributed by atoms with Crippen molar-refractivity contribution in [3.63, 3.8) is 0 Å². The largest absolute Gasteiger partial charge is 0.309 e. The summed E-state index contributed by atoms with van der Waals surface area (Å²) in [5.74, 6) is 0. The molecule has 0 N–H and O–H groups in total. The maximum absolute atomic E-state index is 2.59. The highest BCUT2D eigenvalue weighted by atomic mass is 32.2. The van der Waals surface area contributed by atoms with E-state index in [4.69, 9.17) is 0 Å². The van der Waals surface area contributed by atoms with Gasteiger partial charge in [0.25, 0.3) is 0 Å². The number of rotatable bonds is 6. The third kappa shape index (κ3) is 9.68. The molecule has 4 aromatic heterocycles. The highest BCUT2D eigenvalue weighted by molar-refractivity contribution is 7.99. The Hall–Kier alpha value is -12.9. The lowest BCUT2D eigenvalue weighted by atomic mass is 9.67. The molecule has 22 aromatic rings. The lowest BCUT2D eigenvalue weighted by Crippen LogP contribution is -2.31. The van der Waals surface area contributed by atoms with Gasteiger partial charge in [-0.3, -0.25) is 0 Å². The Morgan fingerprint density at radius 3 is 1.12 bits per heavy atom. The molecule has 2 aliphatic heterocycles. The van der Waals surface area contributed by atoms with Crippen LogP contribution in [0, 0.1) is 0 Å². The minimum atomic E-state index is -0.409. The summed E-state index contributed by atoms with van der Waals surface area (Å²) in [5, 5.41) is 10.5. The fraction of sp³-hybridized carbons (Fsp3) is 0.0690. The van der Waals surface area contributed by atoms with E-state index in [2.05, 4.69) is 414 Å². The monoisotopic (exact) mass is 1690 g/mol. The summed E-state index contributed by atoms with van der Waals surface area (Å²) in [6.45, 7) is 9.54. The van der Waals surface area contributed by atoms with E-state index in [0.29, 0.717) is 0 Å². The number of thiophene rings is 4. The maximum atomic E-state index is 2.59. The Morgan fingerprint density at radius 2 is 0.556 bits per heavy atom. The summed E-state index contributed by atoms with van der Waals surface area (Å²) in [6, 6.07) is 143. The molecule has 6 heterocycles.